The van der Waals surface area contributed by atoms with Gasteiger partial charge < -0.3 is 45.4 Å². The maximum atomic E-state index is 14.8. The molecule has 0 radical (unpaired) electrons. The molecule has 2 aliphatic rings. The van der Waals surface area contributed by atoms with Gasteiger partial charge in [0.25, 0.3) is 11.8 Å². The van der Waals surface area contributed by atoms with E-state index >= 15 is 0 Å². The zero-order chi connectivity index (χ0) is 59.4. The van der Waals surface area contributed by atoms with Crippen molar-refractivity contribution in [2.75, 3.05) is 41.4 Å². The molecule has 2 aliphatic heterocycles. The summed E-state index contributed by atoms with van der Waals surface area (Å²) in [7, 11) is 6.50. The molecule has 444 valence electrons. The minimum Gasteiger partial charge on any atom is -0.379 e. The molecule has 0 spiro atoms. The van der Waals surface area contributed by atoms with Crippen molar-refractivity contribution in [3.63, 3.8) is 0 Å². The molecule has 8 amide bonds. The molecule has 20 nitrogen and oxygen atoms in total. The lowest BCUT2D eigenvalue weighted by Gasteiger charge is -2.41. The number of nitrogens with one attached hydrogen (secondary N) is 4. The number of hydrogen-bond donors (Lipinski definition) is 4. The lowest BCUT2D eigenvalue weighted by molar-refractivity contribution is -0.199. The fourth-order valence-electron chi connectivity index (χ4n) is 11.0. The molecule has 0 saturated carbocycles. The number of likely N-dealkylation sites (N-methyl/N-ethyl adjacent to an activating group) is 2. The molecule has 0 aliphatic carbocycles. The number of rotatable bonds is 32. The molecule has 2 saturated heterocycles. The maximum Gasteiger partial charge on any atom is 0.355 e. The summed E-state index contributed by atoms with van der Waals surface area (Å²) in [6, 6.07) is 14.4. The van der Waals surface area contributed by atoms with Gasteiger partial charge in [-0.1, -0.05) is 129 Å². The van der Waals surface area contributed by atoms with E-state index in [1.165, 1.54) is 14.2 Å². The van der Waals surface area contributed by atoms with Gasteiger partial charge in [-0.3, -0.25) is 43.3 Å². The molecule has 2 aromatic rings. The van der Waals surface area contributed by atoms with E-state index in [4.69, 9.17) is 14.3 Å². The van der Waals surface area contributed by atoms with Crippen molar-refractivity contribution in [3.05, 3.63) is 71.8 Å². The zero-order valence-corrected chi connectivity index (χ0v) is 49.7. The van der Waals surface area contributed by atoms with Gasteiger partial charge in [0.2, 0.25) is 35.4 Å². The van der Waals surface area contributed by atoms with Crippen LogP contribution in [0.1, 0.15) is 131 Å². The maximum absolute atomic E-state index is 14.8. The number of nitrogens with zero attached hydrogens (tertiary/aromatic N) is 4. The molecule has 2 fully saturated rings. The third-order valence-electron chi connectivity index (χ3n) is 15.5. The third-order valence-corrected chi connectivity index (χ3v) is 15.5. The van der Waals surface area contributed by atoms with Gasteiger partial charge in [0, 0.05) is 60.0 Å². The molecule has 2 heterocycles. The Kier molecular flexibility index (Phi) is 26.7. The van der Waals surface area contributed by atoms with Crippen molar-refractivity contribution in [3.8, 4) is 0 Å². The second kappa shape index (κ2) is 32.3. The molecule has 80 heavy (non-hydrogen) atoms. The minimum absolute atomic E-state index is 0.00733. The Hall–Kier alpha value is -6.25. The highest BCUT2D eigenvalue weighted by molar-refractivity contribution is 6.02. The lowest BCUT2D eigenvalue weighted by atomic mass is 9.89. The number of carbonyl (C=O) groups is 9. The highest BCUT2D eigenvalue weighted by Crippen LogP contribution is 2.30. The second-order valence-corrected chi connectivity index (χ2v) is 22.8. The van der Waals surface area contributed by atoms with Crippen LogP contribution in [0, 0.1) is 29.6 Å². The Morgan fingerprint density at radius 3 is 1.90 bits per heavy atom. The molecule has 4 rings (SSSR count). The van der Waals surface area contributed by atoms with E-state index in [1.807, 2.05) is 121 Å². The number of hydrogen-bond acceptors (Lipinski definition) is 13. The van der Waals surface area contributed by atoms with Crippen LogP contribution in [0.25, 0.3) is 0 Å². The SMILES string of the molecule is CC[C@H](C)[C@@H]([C@@H](CC(=O)N1CCC[C@H]1[C@H](OC)[C@@H](C)C(=O)N[C@@H](Cc1ccccc1)C(=O)NCc1ccccc1)OC)N(C)C(=O)[C@@H](NC(=O)[C@H](C(C)C)N(C)CCCC(=O)N[C@H](CC(C)C)C(=O)ON1C(=O)CCC1=O)C(C)C. The summed E-state index contributed by atoms with van der Waals surface area (Å²) >= 11 is 0. The van der Waals surface area contributed by atoms with Gasteiger partial charge in [-0.25, -0.2) is 4.79 Å². The monoisotopic (exact) mass is 1120 g/mol. The smallest absolute Gasteiger partial charge is 0.355 e. The number of amides is 8. The van der Waals surface area contributed by atoms with Gasteiger partial charge in [0.1, 0.15) is 18.1 Å². The standard InChI is InChI=1S/C60H92N8O12/c1-14-40(8)54(66(11)59(76)52(38(4)5)64-58(75)53(39(6)7)65(10)31-22-28-48(69)62-45(33-37(2)3)60(77)80-68-49(70)29-30-50(68)71)47(78-12)35-51(72)67-32-21-27-46(67)55(79-13)41(9)56(73)63-44(34-42-23-17-15-18-24-42)57(74)61-36-43-25-19-16-20-26-43/h15-20,23-26,37-41,44-47,52-55H,14,21-22,27-36H2,1-13H3,(H,61,74)(H,62,69)(H,63,73)(H,64,75)/t40-,41+,44-,45+,46-,47+,52-,53-,54-,55+/m0/s1. The van der Waals surface area contributed by atoms with Crippen molar-refractivity contribution in [1.82, 2.24) is 41.0 Å². The molecule has 0 aromatic heterocycles. The number of likely N-dealkylation sites (tertiary alicyclic amines) is 1. The summed E-state index contributed by atoms with van der Waals surface area (Å²) in [4.78, 5) is 132. The topological polar surface area (TPSA) is 242 Å². The van der Waals surface area contributed by atoms with Gasteiger partial charge in [-0.05, 0) is 74.1 Å². The predicted molar refractivity (Wildman–Crippen MR) is 302 cm³/mol. The van der Waals surface area contributed by atoms with E-state index in [-0.39, 0.29) is 91.7 Å². The minimum atomic E-state index is -1.08. The Labute approximate surface area is 474 Å². The first-order chi connectivity index (χ1) is 37.9. The molecular weight excluding hydrogens is 1020 g/mol. The van der Waals surface area contributed by atoms with E-state index in [1.54, 1.807) is 30.8 Å². The van der Waals surface area contributed by atoms with E-state index in [0.29, 0.717) is 50.4 Å². The van der Waals surface area contributed by atoms with Crippen LogP contribution in [0.15, 0.2) is 60.7 Å². The quantitative estimate of drug-likeness (QED) is 0.0709. The Bertz CT molecular complexity index is 2360. The van der Waals surface area contributed by atoms with Crippen LogP contribution in [-0.4, -0.2) is 163 Å². The predicted octanol–water partition coefficient (Wildman–Crippen LogP) is 4.97. The first-order valence-corrected chi connectivity index (χ1v) is 28.6. The van der Waals surface area contributed by atoms with Gasteiger partial charge in [-0.2, -0.15) is 0 Å². The molecule has 20 heteroatoms. The van der Waals surface area contributed by atoms with Gasteiger partial charge in [0.15, 0.2) is 0 Å². The van der Waals surface area contributed by atoms with Crippen molar-refractivity contribution in [1.29, 1.82) is 0 Å². The summed E-state index contributed by atoms with van der Waals surface area (Å²) in [6.45, 7) is 18.0. The first-order valence-electron chi connectivity index (χ1n) is 28.6. The molecule has 10 atom stereocenters. The zero-order valence-electron chi connectivity index (χ0n) is 49.7. The third kappa shape index (κ3) is 18.9. The van der Waals surface area contributed by atoms with Crippen LogP contribution in [-0.2, 0) is 70.4 Å². The van der Waals surface area contributed by atoms with Crippen LogP contribution in [0.2, 0.25) is 0 Å². The fourth-order valence-corrected chi connectivity index (χ4v) is 11.0. The number of methoxy groups -OCH3 is 2. The fraction of sp³-hybridized carbons (Fsp3) is 0.650. The summed E-state index contributed by atoms with van der Waals surface area (Å²) in [5.74, 6) is -5.67. The number of benzene rings is 2. The van der Waals surface area contributed by atoms with Crippen molar-refractivity contribution >= 4 is 53.2 Å². The van der Waals surface area contributed by atoms with E-state index in [9.17, 15) is 43.2 Å². The average molecular weight is 1120 g/mol. The summed E-state index contributed by atoms with van der Waals surface area (Å²) in [5.41, 5.74) is 1.80. The van der Waals surface area contributed by atoms with Crippen molar-refractivity contribution in [2.24, 2.45) is 29.6 Å². The number of imide groups is 1. The highest BCUT2D eigenvalue weighted by atomic mass is 16.7. The number of ether oxygens (including phenoxy) is 2. The van der Waals surface area contributed by atoms with Crippen LogP contribution in [0.4, 0.5) is 0 Å². The molecular formula is C60H92N8O12. The first kappa shape index (κ1) is 66.3. The van der Waals surface area contributed by atoms with Crippen LogP contribution >= 0.6 is 0 Å². The average Bonchev–Trinajstić information content (AvgIpc) is 4.04. The van der Waals surface area contributed by atoms with E-state index < -0.39 is 78.1 Å². The van der Waals surface area contributed by atoms with Gasteiger partial charge in [0.05, 0.1) is 42.7 Å². The Balaban J connectivity index is 1.42. The van der Waals surface area contributed by atoms with Crippen molar-refractivity contribution < 1.29 is 57.5 Å². The van der Waals surface area contributed by atoms with Crippen LogP contribution in [0.3, 0.4) is 0 Å². The Morgan fingerprint density at radius 2 is 1.35 bits per heavy atom. The summed E-state index contributed by atoms with van der Waals surface area (Å²) < 4.78 is 12.2. The molecule has 0 bridgehead atoms. The van der Waals surface area contributed by atoms with Crippen molar-refractivity contribution in [2.45, 2.75) is 182 Å². The molecule has 0 unspecified atom stereocenters. The van der Waals surface area contributed by atoms with Gasteiger partial charge >= 0.3 is 5.97 Å². The number of carbonyl (C=O) groups excluding carboxylic acids is 9. The Morgan fingerprint density at radius 1 is 0.738 bits per heavy atom. The van der Waals surface area contributed by atoms with Crippen LogP contribution < -0.4 is 21.3 Å². The van der Waals surface area contributed by atoms with E-state index in [2.05, 4.69) is 21.3 Å². The largest absolute Gasteiger partial charge is 0.379 e. The number of hydroxylamine groups is 2. The molecule has 2 aromatic carbocycles. The van der Waals surface area contributed by atoms with Crippen LogP contribution in [0.5, 0.6) is 0 Å². The van der Waals surface area contributed by atoms with E-state index in [0.717, 1.165) is 11.1 Å². The lowest BCUT2D eigenvalue weighted by Crippen LogP contribution is -2.60. The normalized spacial score (nSPS) is 18.0. The highest BCUT2D eigenvalue weighted by Gasteiger charge is 2.44. The summed E-state index contributed by atoms with van der Waals surface area (Å²) in [5, 5.41) is 12.2. The molecule has 4 N–H and O–H groups in total. The second-order valence-electron chi connectivity index (χ2n) is 22.8. The van der Waals surface area contributed by atoms with Gasteiger partial charge in [-0.15, -0.1) is 5.06 Å². The summed E-state index contributed by atoms with van der Waals surface area (Å²) in [6.07, 6.45) is 1.09.